The largest absolute Gasteiger partial charge is 0.481 e. The van der Waals surface area contributed by atoms with E-state index in [4.69, 9.17) is 5.14 Å². The van der Waals surface area contributed by atoms with E-state index in [1.54, 1.807) is 37.3 Å². The average molecular weight is 504 g/mol. The van der Waals surface area contributed by atoms with Gasteiger partial charge in [-0.15, -0.1) is 11.8 Å². The first-order chi connectivity index (χ1) is 16.0. The van der Waals surface area contributed by atoms with Gasteiger partial charge in [-0.05, 0) is 68.3 Å². The molecular formula is C23H25N3O6S2. The van der Waals surface area contributed by atoms with Gasteiger partial charge in [0, 0.05) is 16.3 Å². The summed E-state index contributed by atoms with van der Waals surface area (Å²) in [7, 11) is -3.80. The van der Waals surface area contributed by atoms with E-state index < -0.39 is 33.1 Å². The van der Waals surface area contributed by atoms with Crippen LogP contribution in [0.2, 0.25) is 0 Å². The number of nitrogens with one attached hydrogen (secondary N) is 2. The number of carbonyl (C=O) groups is 3. The lowest BCUT2D eigenvalue weighted by Crippen LogP contribution is -2.34. The molecule has 0 saturated carbocycles. The van der Waals surface area contributed by atoms with Crippen LogP contribution >= 0.6 is 11.8 Å². The standard InChI is InChI=1S/C23H25N3O6S2/c1-14(21(27)25-16-8-12-18(13-9-16)34(24,31)32)33-17-10-6-15(7-11-17)26-22(28)19-4-2-3-5-20(19)23(29)30/h2-3,6-14,19-20H,4-5H2,1H3,(H,25,27)(H,26,28)(H,29,30)(H2,24,31,32). The van der Waals surface area contributed by atoms with Crippen LogP contribution in [-0.4, -0.2) is 36.6 Å². The molecule has 1 aliphatic carbocycles. The third-order valence-electron chi connectivity index (χ3n) is 5.34. The third-order valence-corrected chi connectivity index (χ3v) is 7.38. The summed E-state index contributed by atoms with van der Waals surface area (Å²) in [4.78, 5) is 37.2. The lowest BCUT2D eigenvalue weighted by molar-refractivity contribution is -0.146. The van der Waals surface area contributed by atoms with Crippen molar-refractivity contribution in [2.75, 3.05) is 10.6 Å². The number of aliphatic carboxylic acids is 1. The molecule has 2 amide bonds. The molecule has 3 rings (SSSR count). The molecule has 5 N–H and O–H groups in total. The highest BCUT2D eigenvalue weighted by molar-refractivity contribution is 8.00. The topological polar surface area (TPSA) is 156 Å². The van der Waals surface area contributed by atoms with Gasteiger partial charge >= 0.3 is 5.97 Å². The van der Waals surface area contributed by atoms with E-state index in [2.05, 4.69) is 10.6 Å². The minimum atomic E-state index is -3.80. The predicted octanol–water partition coefficient (Wildman–Crippen LogP) is 3.06. The molecular weight excluding hydrogens is 478 g/mol. The van der Waals surface area contributed by atoms with Crippen LogP contribution in [0.5, 0.6) is 0 Å². The summed E-state index contributed by atoms with van der Waals surface area (Å²) in [6.07, 6.45) is 4.32. The number of amides is 2. The first-order valence-corrected chi connectivity index (χ1v) is 12.9. The second-order valence-corrected chi connectivity index (χ2v) is 10.8. The van der Waals surface area contributed by atoms with Crippen LogP contribution in [0.1, 0.15) is 19.8 Å². The molecule has 0 radical (unpaired) electrons. The quantitative estimate of drug-likeness (QED) is 0.319. The fourth-order valence-corrected chi connectivity index (χ4v) is 4.84. The third kappa shape index (κ3) is 6.69. The fourth-order valence-electron chi connectivity index (χ4n) is 3.46. The summed E-state index contributed by atoms with van der Waals surface area (Å²) in [5.41, 5.74) is 0.986. The normalized spacial score (nSPS) is 18.6. The molecule has 0 fully saturated rings. The maximum atomic E-state index is 12.6. The van der Waals surface area contributed by atoms with Gasteiger partial charge in [-0.2, -0.15) is 0 Å². The van der Waals surface area contributed by atoms with Crippen molar-refractivity contribution in [2.45, 2.75) is 34.8 Å². The first kappa shape index (κ1) is 25.5. The van der Waals surface area contributed by atoms with Crippen molar-refractivity contribution < 1.29 is 27.9 Å². The van der Waals surface area contributed by atoms with Gasteiger partial charge in [0.15, 0.2) is 0 Å². The number of benzene rings is 2. The van der Waals surface area contributed by atoms with Gasteiger partial charge in [0.1, 0.15) is 0 Å². The number of sulfonamides is 1. The van der Waals surface area contributed by atoms with Crippen LogP contribution < -0.4 is 15.8 Å². The van der Waals surface area contributed by atoms with Crippen LogP contribution in [0.3, 0.4) is 0 Å². The van der Waals surface area contributed by atoms with E-state index in [-0.39, 0.29) is 16.7 Å². The molecule has 0 bridgehead atoms. The lowest BCUT2D eigenvalue weighted by Gasteiger charge is -2.24. The molecule has 180 valence electrons. The van der Waals surface area contributed by atoms with Gasteiger partial charge in [-0.1, -0.05) is 12.2 Å². The number of carboxylic acid groups (broad SMARTS) is 1. The predicted molar refractivity (Wildman–Crippen MR) is 130 cm³/mol. The summed E-state index contributed by atoms with van der Waals surface area (Å²) in [6, 6.07) is 12.5. The molecule has 1 aliphatic rings. The highest BCUT2D eigenvalue weighted by Gasteiger charge is 2.33. The second kappa shape index (κ2) is 10.9. The highest BCUT2D eigenvalue weighted by Crippen LogP contribution is 2.29. The van der Waals surface area contributed by atoms with Crippen molar-refractivity contribution in [3.8, 4) is 0 Å². The smallest absolute Gasteiger partial charge is 0.307 e. The molecule has 9 nitrogen and oxygen atoms in total. The number of primary sulfonamides is 1. The Kier molecular flexibility index (Phi) is 8.13. The number of hydrogen-bond donors (Lipinski definition) is 4. The Bertz CT molecular complexity index is 1190. The Morgan fingerprint density at radius 1 is 0.941 bits per heavy atom. The van der Waals surface area contributed by atoms with E-state index in [9.17, 15) is 27.9 Å². The van der Waals surface area contributed by atoms with Crippen molar-refractivity contribution in [1.29, 1.82) is 0 Å². The van der Waals surface area contributed by atoms with E-state index in [0.29, 0.717) is 24.2 Å². The number of anilines is 2. The van der Waals surface area contributed by atoms with Gasteiger partial charge in [0.05, 0.1) is 22.0 Å². The van der Waals surface area contributed by atoms with E-state index in [1.165, 1.54) is 36.0 Å². The SMILES string of the molecule is CC(Sc1ccc(NC(=O)C2CC=CCC2C(=O)O)cc1)C(=O)Nc1ccc(S(N)(=O)=O)cc1. The molecule has 34 heavy (non-hydrogen) atoms. The first-order valence-electron chi connectivity index (χ1n) is 10.4. The highest BCUT2D eigenvalue weighted by atomic mass is 32.2. The molecule has 3 atom stereocenters. The van der Waals surface area contributed by atoms with Crippen LogP contribution in [0.25, 0.3) is 0 Å². The van der Waals surface area contributed by atoms with Crippen LogP contribution in [0.15, 0.2) is 70.5 Å². The van der Waals surface area contributed by atoms with Gasteiger partial charge in [-0.25, -0.2) is 13.6 Å². The molecule has 0 heterocycles. The summed E-state index contributed by atoms with van der Waals surface area (Å²) in [5, 5.41) is 19.5. The lowest BCUT2D eigenvalue weighted by atomic mass is 9.82. The van der Waals surface area contributed by atoms with E-state index in [1.807, 2.05) is 6.08 Å². The molecule has 2 aromatic carbocycles. The number of nitrogens with two attached hydrogens (primary N) is 1. The summed E-state index contributed by atoms with van der Waals surface area (Å²) >= 11 is 1.31. The Morgan fingerprint density at radius 3 is 2.03 bits per heavy atom. The van der Waals surface area contributed by atoms with Crippen molar-refractivity contribution in [3.05, 3.63) is 60.7 Å². The van der Waals surface area contributed by atoms with Crippen molar-refractivity contribution in [3.63, 3.8) is 0 Å². The molecule has 11 heteroatoms. The number of carboxylic acids is 1. The van der Waals surface area contributed by atoms with Crippen LogP contribution in [-0.2, 0) is 24.4 Å². The Labute approximate surface area is 201 Å². The van der Waals surface area contributed by atoms with E-state index >= 15 is 0 Å². The maximum Gasteiger partial charge on any atom is 0.307 e. The van der Waals surface area contributed by atoms with E-state index in [0.717, 1.165) is 4.90 Å². The van der Waals surface area contributed by atoms with Crippen molar-refractivity contribution in [1.82, 2.24) is 0 Å². The van der Waals surface area contributed by atoms with Gasteiger partial charge in [0.25, 0.3) is 0 Å². The number of hydrogen-bond acceptors (Lipinski definition) is 6. The summed E-state index contributed by atoms with van der Waals surface area (Å²) in [5.74, 6) is -2.95. The number of thioether (sulfide) groups is 1. The molecule has 0 saturated heterocycles. The van der Waals surface area contributed by atoms with Crippen molar-refractivity contribution in [2.24, 2.45) is 17.0 Å². The summed E-state index contributed by atoms with van der Waals surface area (Å²) in [6.45, 7) is 1.73. The van der Waals surface area contributed by atoms with Crippen LogP contribution in [0.4, 0.5) is 11.4 Å². The zero-order valence-electron chi connectivity index (χ0n) is 18.3. The fraction of sp³-hybridized carbons (Fsp3) is 0.261. The monoisotopic (exact) mass is 503 g/mol. The zero-order valence-corrected chi connectivity index (χ0v) is 19.9. The molecule has 0 aliphatic heterocycles. The minimum absolute atomic E-state index is 0.0430. The minimum Gasteiger partial charge on any atom is -0.481 e. The number of carbonyl (C=O) groups excluding carboxylic acids is 2. The molecule has 0 aromatic heterocycles. The Hall–Kier alpha value is -3.15. The van der Waals surface area contributed by atoms with Crippen LogP contribution in [0, 0.1) is 11.8 Å². The molecule has 0 spiro atoms. The number of allylic oxidation sites excluding steroid dienone is 2. The molecule has 2 aromatic rings. The van der Waals surface area contributed by atoms with Gasteiger partial charge < -0.3 is 15.7 Å². The maximum absolute atomic E-state index is 12.6. The van der Waals surface area contributed by atoms with Gasteiger partial charge in [0.2, 0.25) is 21.8 Å². The van der Waals surface area contributed by atoms with Gasteiger partial charge in [-0.3, -0.25) is 14.4 Å². The Balaban J connectivity index is 1.55. The zero-order chi connectivity index (χ0) is 24.9. The van der Waals surface area contributed by atoms with Crippen molar-refractivity contribution >= 4 is 50.9 Å². The summed E-state index contributed by atoms with van der Waals surface area (Å²) < 4.78 is 22.6. The Morgan fingerprint density at radius 2 is 1.47 bits per heavy atom. The average Bonchev–Trinajstić information content (AvgIpc) is 2.80. The second-order valence-electron chi connectivity index (χ2n) is 7.83. The molecule has 3 unspecified atom stereocenters. The number of rotatable bonds is 8.